The highest BCUT2D eigenvalue weighted by Crippen LogP contribution is 2.34. The highest BCUT2D eigenvalue weighted by atomic mass is 16.5. The lowest BCUT2D eigenvalue weighted by Gasteiger charge is -2.35. The van der Waals surface area contributed by atoms with E-state index in [4.69, 9.17) is 10.5 Å². The van der Waals surface area contributed by atoms with Crippen LogP contribution in [-0.2, 0) is 9.53 Å². The molecular weight excluding hydrogens is 240 g/mol. The number of nitrogens with two attached hydrogens (primary N) is 1. The molecule has 3 rings (SSSR count). The Morgan fingerprint density at radius 1 is 1.21 bits per heavy atom. The topological polar surface area (TPSA) is 55.6 Å². The molecule has 19 heavy (non-hydrogen) atoms. The van der Waals surface area contributed by atoms with Crippen molar-refractivity contribution in [1.82, 2.24) is 0 Å². The Labute approximate surface area is 113 Å². The number of carbonyl (C=O) groups is 1. The van der Waals surface area contributed by atoms with Gasteiger partial charge in [0.05, 0.1) is 0 Å². The van der Waals surface area contributed by atoms with E-state index in [9.17, 15) is 4.79 Å². The standard InChI is InChI=1S/C15H20N2O2/c16-13-5-8-17(14-4-2-1-3-12(13)14)15(18)11-6-9-19-10-7-11/h1-4,11,13H,5-10,16H2. The van der Waals surface area contributed by atoms with Crippen molar-refractivity contribution in [3.8, 4) is 0 Å². The van der Waals surface area contributed by atoms with E-state index in [1.54, 1.807) is 0 Å². The molecule has 2 N–H and O–H groups in total. The second-order valence-electron chi connectivity index (χ2n) is 5.33. The number of carbonyl (C=O) groups excluding carboxylic acids is 1. The SMILES string of the molecule is NC1CCN(C(=O)C2CCOCC2)c2ccccc21. The van der Waals surface area contributed by atoms with Gasteiger partial charge >= 0.3 is 0 Å². The predicted octanol–water partition coefficient (Wildman–Crippen LogP) is 1.85. The Kier molecular flexibility index (Phi) is 3.53. The van der Waals surface area contributed by atoms with Gasteiger partial charge in [-0.2, -0.15) is 0 Å². The van der Waals surface area contributed by atoms with Gasteiger partial charge in [0.25, 0.3) is 0 Å². The van der Waals surface area contributed by atoms with Crippen molar-refractivity contribution in [2.45, 2.75) is 25.3 Å². The van der Waals surface area contributed by atoms with Crippen LogP contribution in [-0.4, -0.2) is 25.7 Å². The molecule has 2 heterocycles. The van der Waals surface area contributed by atoms with E-state index in [1.807, 2.05) is 29.2 Å². The molecule has 0 bridgehead atoms. The number of para-hydroxylation sites is 1. The first kappa shape index (κ1) is 12.6. The van der Waals surface area contributed by atoms with Crippen LogP contribution in [0.15, 0.2) is 24.3 Å². The third kappa shape index (κ3) is 2.38. The number of benzene rings is 1. The molecule has 1 fully saturated rings. The second-order valence-corrected chi connectivity index (χ2v) is 5.33. The van der Waals surface area contributed by atoms with Gasteiger partial charge in [0.15, 0.2) is 0 Å². The summed E-state index contributed by atoms with van der Waals surface area (Å²) in [5.74, 6) is 0.346. The third-order valence-corrected chi connectivity index (χ3v) is 4.13. The first-order valence-corrected chi connectivity index (χ1v) is 7.01. The summed E-state index contributed by atoms with van der Waals surface area (Å²) < 4.78 is 5.33. The average molecular weight is 260 g/mol. The van der Waals surface area contributed by atoms with Crippen molar-refractivity contribution >= 4 is 11.6 Å². The van der Waals surface area contributed by atoms with Gasteiger partial charge in [-0.15, -0.1) is 0 Å². The van der Waals surface area contributed by atoms with Crippen LogP contribution in [0.4, 0.5) is 5.69 Å². The molecule has 0 aromatic heterocycles. The van der Waals surface area contributed by atoms with Gasteiger partial charge in [0.1, 0.15) is 0 Å². The minimum Gasteiger partial charge on any atom is -0.381 e. The fourth-order valence-corrected chi connectivity index (χ4v) is 2.98. The van der Waals surface area contributed by atoms with Crippen molar-refractivity contribution in [3.05, 3.63) is 29.8 Å². The van der Waals surface area contributed by atoms with Crippen LogP contribution in [0.5, 0.6) is 0 Å². The Morgan fingerprint density at radius 2 is 1.95 bits per heavy atom. The molecule has 2 aliphatic rings. The van der Waals surface area contributed by atoms with Gasteiger partial charge in [-0.25, -0.2) is 0 Å². The smallest absolute Gasteiger partial charge is 0.230 e. The minimum absolute atomic E-state index is 0.0509. The molecule has 0 aliphatic carbocycles. The molecule has 1 aromatic carbocycles. The fraction of sp³-hybridized carbons (Fsp3) is 0.533. The molecule has 102 valence electrons. The molecule has 1 aromatic rings. The van der Waals surface area contributed by atoms with Crippen LogP contribution < -0.4 is 10.6 Å². The first-order chi connectivity index (χ1) is 9.27. The molecule has 1 amide bonds. The van der Waals surface area contributed by atoms with E-state index in [0.717, 1.165) is 37.1 Å². The Balaban J connectivity index is 1.85. The van der Waals surface area contributed by atoms with E-state index >= 15 is 0 Å². The molecule has 1 atom stereocenters. The molecule has 0 saturated carbocycles. The third-order valence-electron chi connectivity index (χ3n) is 4.13. The number of anilines is 1. The summed E-state index contributed by atoms with van der Waals surface area (Å²) in [7, 11) is 0. The van der Waals surface area contributed by atoms with E-state index < -0.39 is 0 Å². The van der Waals surface area contributed by atoms with Gasteiger partial charge in [-0.05, 0) is 30.9 Å². The van der Waals surface area contributed by atoms with Crippen LogP contribution in [0, 0.1) is 5.92 Å². The van der Waals surface area contributed by atoms with Crippen molar-refractivity contribution in [2.75, 3.05) is 24.7 Å². The Morgan fingerprint density at radius 3 is 2.74 bits per heavy atom. The molecule has 4 heteroatoms. The van der Waals surface area contributed by atoms with Gasteiger partial charge in [0.2, 0.25) is 5.91 Å². The minimum atomic E-state index is 0.0509. The number of hydrogen-bond acceptors (Lipinski definition) is 3. The van der Waals surface area contributed by atoms with Crippen LogP contribution in [0.3, 0.4) is 0 Å². The maximum Gasteiger partial charge on any atom is 0.230 e. The van der Waals surface area contributed by atoms with Gasteiger partial charge < -0.3 is 15.4 Å². The van der Waals surface area contributed by atoms with E-state index in [0.29, 0.717) is 13.2 Å². The lowest BCUT2D eigenvalue weighted by Crippen LogP contribution is -2.43. The molecule has 1 saturated heterocycles. The molecular formula is C15H20N2O2. The second kappa shape index (κ2) is 5.31. The number of amides is 1. The number of nitrogens with zero attached hydrogens (tertiary/aromatic N) is 1. The van der Waals surface area contributed by atoms with Gasteiger partial charge in [-0.1, -0.05) is 18.2 Å². The summed E-state index contributed by atoms with van der Waals surface area (Å²) in [4.78, 5) is 14.6. The van der Waals surface area contributed by atoms with Gasteiger partial charge in [0, 0.05) is 37.4 Å². The van der Waals surface area contributed by atoms with E-state index in [-0.39, 0.29) is 17.9 Å². The fourth-order valence-electron chi connectivity index (χ4n) is 2.98. The van der Waals surface area contributed by atoms with Crippen LogP contribution in [0.25, 0.3) is 0 Å². The lowest BCUT2D eigenvalue weighted by molar-refractivity contribution is -0.125. The lowest BCUT2D eigenvalue weighted by atomic mass is 9.93. The molecule has 0 radical (unpaired) electrons. The van der Waals surface area contributed by atoms with Crippen molar-refractivity contribution in [1.29, 1.82) is 0 Å². The predicted molar refractivity (Wildman–Crippen MR) is 73.9 cm³/mol. The number of fused-ring (bicyclic) bond motifs is 1. The Bertz CT molecular complexity index is 469. The zero-order chi connectivity index (χ0) is 13.2. The normalized spacial score (nSPS) is 24.1. The number of rotatable bonds is 1. The van der Waals surface area contributed by atoms with E-state index in [2.05, 4.69) is 0 Å². The van der Waals surface area contributed by atoms with E-state index in [1.165, 1.54) is 0 Å². The molecule has 1 unspecified atom stereocenters. The largest absolute Gasteiger partial charge is 0.381 e. The summed E-state index contributed by atoms with van der Waals surface area (Å²) in [5, 5.41) is 0. The maximum atomic E-state index is 12.7. The van der Waals surface area contributed by atoms with Crippen molar-refractivity contribution < 1.29 is 9.53 Å². The average Bonchev–Trinajstić information content (AvgIpc) is 2.48. The van der Waals surface area contributed by atoms with Crippen LogP contribution >= 0.6 is 0 Å². The zero-order valence-corrected chi connectivity index (χ0v) is 11.0. The number of hydrogen-bond donors (Lipinski definition) is 1. The quantitative estimate of drug-likeness (QED) is 0.838. The van der Waals surface area contributed by atoms with Crippen LogP contribution in [0.1, 0.15) is 30.9 Å². The van der Waals surface area contributed by atoms with Crippen molar-refractivity contribution in [3.63, 3.8) is 0 Å². The monoisotopic (exact) mass is 260 g/mol. The summed E-state index contributed by atoms with van der Waals surface area (Å²) in [6, 6.07) is 8.05. The summed E-state index contributed by atoms with van der Waals surface area (Å²) in [5.41, 5.74) is 8.22. The molecule has 2 aliphatic heterocycles. The van der Waals surface area contributed by atoms with Crippen LogP contribution in [0.2, 0.25) is 0 Å². The van der Waals surface area contributed by atoms with Crippen molar-refractivity contribution in [2.24, 2.45) is 11.7 Å². The maximum absolute atomic E-state index is 12.7. The first-order valence-electron chi connectivity index (χ1n) is 7.01. The molecule has 4 nitrogen and oxygen atoms in total. The summed E-state index contributed by atoms with van der Waals surface area (Å²) in [6.07, 6.45) is 2.51. The van der Waals surface area contributed by atoms with Gasteiger partial charge in [-0.3, -0.25) is 4.79 Å². The number of ether oxygens (including phenoxy) is 1. The highest BCUT2D eigenvalue weighted by molar-refractivity contribution is 5.96. The Hall–Kier alpha value is -1.39. The zero-order valence-electron chi connectivity index (χ0n) is 11.0. The molecule has 0 spiro atoms. The highest BCUT2D eigenvalue weighted by Gasteiger charge is 2.31. The summed E-state index contributed by atoms with van der Waals surface area (Å²) >= 11 is 0. The summed E-state index contributed by atoms with van der Waals surface area (Å²) in [6.45, 7) is 2.13.